The Balaban J connectivity index is 1.66. The highest BCUT2D eigenvalue weighted by Gasteiger charge is 2.39. The lowest BCUT2D eigenvalue weighted by Crippen LogP contribution is -1.87. The summed E-state index contributed by atoms with van der Waals surface area (Å²) in [6.07, 6.45) is 3.31. The predicted octanol–water partition coefficient (Wildman–Crippen LogP) is 4.51. The monoisotopic (exact) mass is 245 g/mol. The van der Waals surface area contributed by atoms with E-state index in [4.69, 9.17) is 0 Å². The van der Waals surface area contributed by atoms with Crippen molar-refractivity contribution < 1.29 is 0 Å². The van der Waals surface area contributed by atoms with Crippen molar-refractivity contribution in [1.82, 2.24) is 4.98 Å². The smallest absolute Gasteiger partial charge is 0.0702 e. The first-order chi connectivity index (χ1) is 9.42. The van der Waals surface area contributed by atoms with Crippen LogP contribution >= 0.6 is 0 Å². The van der Waals surface area contributed by atoms with E-state index in [2.05, 4.69) is 65.8 Å². The molecule has 1 heteroatoms. The van der Waals surface area contributed by atoms with Crippen molar-refractivity contribution in [2.75, 3.05) is 0 Å². The molecule has 4 rings (SSSR count). The van der Waals surface area contributed by atoms with Gasteiger partial charge in [-0.25, -0.2) is 0 Å². The summed E-state index contributed by atoms with van der Waals surface area (Å²) in [5.74, 6) is 1.34. The SMILES string of the molecule is c1ccc([C@@H]2C[C@H]2c2cnc3ccccc3c2)cc1. The van der Waals surface area contributed by atoms with E-state index < -0.39 is 0 Å². The summed E-state index contributed by atoms with van der Waals surface area (Å²) < 4.78 is 0. The summed E-state index contributed by atoms with van der Waals surface area (Å²) in [4.78, 5) is 4.57. The molecule has 0 bridgehead atoms. The van der Waals surface area contributed by atoms with E-state index in [9.17, 15) is 0 Å². The van der Waals surface area contributed by atoms with Crippen molar-refractivity contribution in [3.63, 3.8) is 0 Å². The molecule has 1 fully saturated rings. The molecule has 0 N–H and O–H groups in total. The molecule has 2 atom stereocenters. The Bertz CT molecular complexity index is 718. The summed E-state index contributed by atoms with van der Waals surface area (Å²) in [6, 6.07) is 21.4. The summed E-state index contributed by atoms with van der Waals surface area (Å²) in [7, 11) is 0. The van der Waals surface area contributed by atoms with Crippen molar-refractivity contribution in [1.29, 1.82) is 0 Å². The van der Waals surface area contributed by atoms with Gasteiger partial charge >= 0.3 is 0 Å². The van der Waals surface area contributed by atoms with Crippen LogP contribution in [0.2, 0.25) is 0 Å². The molecule has 0 saturated heterocycles. The highest BCUT2D eigenvalue weighted by molar-refractivity contribution is 5.79. The number of hydrogen-bond donors (Lipinski definition) is 0. The summed E-state index contributed by atoms with van der Waals surface area (Å²) >= 11 is 0. The van der Waals surface area contributed by atoms with Crippen LogP contribution in [-0.2, 0) is 0 Å². The molecule has 1 aromatic heterocycles. The number of fused-ring (bicyclic) bond motifs is 1. The Morgan fingerprint density at radius 2 is 1.53 bits per heavy atom. The molecule has 1 nitrogen and oxygen atoms in total. The van der Waals surface area contributed by atoms with Gasteiger partial charge in [0.1, 0.15) is 0 Å². The molecule has 0 unspecified atom stereocenters. The average molecular weight is 245 g/mol. The molecule has 1 heterocycles. The van der Waals surface area contributed by atoms with Crippen LogP contribution in [0.25, 0.3) is 10.9 Å². The number of nitrogens with zero attached hydrogens (tertiary/aromatic N) is 1. The topological polar surface area (TPSA) is 12.9 Å². The van der Waals surface area contributed by atoms with Gasteiger partial charge in [0.05, 0.1) is 5.52 Å². The van der Waals surface area contributed by atoms with E-state index >= 15 is 0 Å². The van der Waals surface area contributed by atoms with Gasteiger partial charge < -0.3 is 0 Å². The number of para-hydroxylation sites is 1. The minimum absolute atomic E-state index is 0.652. The molecule has 19 heavy (non-hydrogen) atoms. The van der Waals surface area contributed by atoms with E-state index in [1.54, 1.807) is 0 Å². The van der Waals surface area contributed by atoms with Gasteiger partial charge in [0.25, 0.3) is 0 Å². The molecule has 3 aromatic rings. The first-order valence-corrected chi connectivity index (χ1v) is 6.81. The van der Waals surface area contributed by atoms with Gasteiger partial charge in [0.2, 0.25) is 0 Å². The molecular formula is C18H15N. The van der Waals surface area contributed by atoms with Gasteiger partial charge in [-0.05, 0) is 41.5 Å². The van der Waals surface area contributed by atoms with E-state index in [1.807, 2.05) is 6.07 Å². The van der Waals surface area contributed by atoms with Gasteiger partial charge in [-0.15, -0.1) is 0 Å². The van der Waals surface area contributed by atoms with Gasteiger partial charge in [-0.1, -0.05) is 48.5 Å². The summed E-state index contributed by atoms with van der Waals surface area (Å²) in [5, 5.41) is 1.25. The van der Waals surface area contributed by atoms with Crippen LogP contribution in [-0.4, -0.2) is 4.98 Å². The van der Waals surface area contributed by atoms with E-state index in [0.717, 1.165) is 5.52 Å². The lowest BCUT2D eigenvalue weighted by molar-refractivity contribution is 1.02. The van der Waals surface area contributed by atoms with Crippen LogP contribution in [0.4, 0.5) is 0 Å². The van der Waals surface area contributed by atoms with Gasteiger partial charge in [0, 0.05) is 11.6 Å². The predicted molar refractivity (Wildman–Crippen MR) is 78.3 cm³/mol. The van der Waals surface area contributed by atoms with Crippen LogP contribution in [0.3, 0.4) is 0 Å². The molecule has 1 saturated carbocycles. The second kappa shape index (κ2) is 4.20. The number of rotatable bonds is 2. The number of benzene rings is 2. The Kier molecular flexibility index (Phi) is 2.37. The number of hydrogen-bond acceptors (Lipinski definition) is 1. The van der Waals surface area contributed by atoms with Crippen LogP contribution in [0.5, 0.6) is 0 Å². The minimum atomic E-state index is 0.652. The van der Waals surface area contributed by atoms with Crippen LogP contribution < -0.4 is 0 Å². The second-order valence-corrected chi connectivity index (χ2v) is 5.32. The van der Waals surface area contributed by atoms with Crippen molar-refractivity contribution in [2.24, 2.45) is 0 Å². The van der Waals surface area contributed by atoms with Crippen molar-refractivity contribution in [3.8, 4) is 0 Å². The van der Waals surface area contributed by atoms with Gasteiger partial charge in [0.15, 0.2) is 0 Å². The Morgan fingerprint density at radius 3 is 2.42 bits per heavy atom. The Hall–Kier alpha value is -2.15. The molecule has 1 aliphatic carbocycles. The number of pyridine rings is 1. The third kappa shape index (κ3) is 1.91. The first-order valence-electron chi connectivity index (χ1n) is 6.81. The van der Waals surface area contributed by atoms with E-state index in [0.29, 0.717) is 11.8 Å². The molecular weight excluding hydrogens is 230 g/mol. The fourth-order valence-electron chi connectivity index (χ4n) is 2.92. The average Bonchev–Trinajstić information content (AvgIpc) is 3.28. The molecule has 0 radical (unpaired) electrons. The summed E-state index contributed by atoms with van der Waals surface area (Å²) in [5.41, 5.74) is 3.93. The maximum Gasteiger partial charge on any atom is 0.0702 e. The maximum atomic E-state index is 4.57. The highest BCUT2D eigenvalue weighted by atomic mass is 14.7. The van der Waals surface area contributed by atoms with Crippen LogP contribution in [0.1, 0.15) is 29.4 Å². The van der Waals surface area contributed by atoms with Crippen LogP contribution in [0.15, 0.2) is 66.9 Å². The molecule has 2 aromatic carbocycles. The standard InChI is InChI=1S/C18H15N/c1-2-6-13(7-3-1)16-11-17(16)15-10-14-8-4-5-9-18(14)19-12-15/h1-10,12,16-17H,11H2/t16-,17-/m0/s1. The summed E-state index contributed by atoms with van der Waals surface area (Å²) in [6.45, 7) is 0. The largest absolute Gasteiger partial charge is 0.256 e. The van der Waals surface area contributed by atoms with Gasteiger partial charge in [-0.3, -0.25) is 4.98 Å². The van der Waals surface area contributed by atoms with Crippen molar-refractivity contribution in [2.45, 2.75) is 18.3 Å². The van der Waals surface area contributed by atoms with Gasteiger partial charge in [-0.2, -0.15) is 0 Å². The second-order valence-electron chi connectivity index (χ2n) is 5.32. The molecule has 92 valence electrons. The lowest BCUT2D eigenvalue weighted by atomic mass is 10.0. The fraction of sp³-hybridized carbons (Fsp3) is 0.167. The third-order valence-electron chi connectivity index (χ3n) is 4.06. The Morgan fingerprint density at radius 1 is 0.789 bits per heavy atom. The van der Waals surface area contributed by atoms with E-state index in [-0.39, 0.29) is 0 Å². The molecule has 0 amide bonds. The maximum absolute atomic E-state index is 4.57. The molecule has 0 spiro atoms. The molecule has 0 aliphatic heterocycles. The lowest BCUT2D eigenvalue weighted by Gasteiger charge is -2.03. The molecule has 1 aliphatic rings. The first kappa shape index (κ1) is 10.7. The normalized spacial score (nSPS) is 21.5. The van der Waals surface area contributed by atoms with E-state index in [1.165, 1.54) is 22.9 Å². The quantitative estimate of drug-likeness (QED) is 0.647. The highest BCUT2D eigenvalue weighted by Crippen LogP contribution is 2.54. The zero-order chi connectivity index (χ0) is 12.7. The zero-order valence-electron chi connectivity index (χ0n) is 10.7. The Labute approximate surface area is 112 Å². The van der Waals surface area contributed by atoms with Crippen molar-refractivity contribution >= 4 is 10.9 Å². The third-order valence-corrected chi connectivity index (χ3v) is 4.06. The fourth-order valence-corrected chi connectivity index (χ4v) is 2.92. The minimum Gasteiger partial charge on any atom is -0.256 e. The van der Waals surface area contributed by atoms with Crippen LogP contribution in [0, 0.1) is 0 Å². The zero-order valence-corrected chi connectivity index (χ0v) is 10.7. The van der Waals surface area contributed by atoms with Crippen molar-refractivity contribution in [3.05, 3.63) is 78.0 Å². The number of aromatic nitrogens is 1.